The maximum atomic E-state index is 12.7. The molecular formula is C20H21BrN4O2S. The normalized spacial score (nSPS) is 19.0. The van der Waals surface area contributed by atoms with Crippen molar-refractivity contribution in [3.8, 4) is 0 Å². The predicted molar refractivity (Wildman–Crippen MR) is 117 cm³/mol. The molecule has 2 aromatic rings. The highest BCUT2D eigenvalue weighted by molar-refractivity contribution is 9.10. The van der Waals surface area contributed by atoms with Gasteiger partial charge in [-0.15, -0.1) is 0 Å². The van der Waals surface area contributed by atoms with Gasteiger partial charge in [-0.3, -0.25) is 14.5 Å². The SMILES string of the molecule is CN1C(=O)/C(=C/c2cn(CC(=O)N3CCCC3)c3ccc(Br)cc23)N(C)C1=S. The van der Waals surface area contributed by atoms with Crippen LogP contribution in [0.5, 0.6) is 0 Å². The van der Waals surface area contributed by atoms with Crippen molar-refractivity contribution >= 4 is 62.1 Å². The van der Waals surface area contributed by atoms with E-state index in [0.717, 1.165) is 46.9 Å². The zero-order valence-corrected chi connectivity index (χ0v) is 18.2. The van der Waals surface area contributed by atoms with Crippen LogP contribution in [0.2, 0.25) is 0 Å². The molecule has 28 heavy (non-hydrogen) atoms. The standard InChI is InChI=1S/C20H21BrN4O2S/c1-22-17(19(27)23(2)20(22)28)9-13-11-25(12-18(26)24-7-3-4-8-24)16-6-5-14(21)10-15(13)16/h5-6,9-11H,3-4,7-8,12H2,1-2H3/b17-9-. The van der Waals surface area contributed by atoms with Crippen molar-refractivity contribution in [2.75, 3.05) is 27.2 Å². The van der Waals surface area contributed by atoms with Crippen molar-refractivity contribution in [1.29, 1.82) is 0 Å². The Morgan fingerprint density at radius 3 is 2.57 bits per heavy atom. The van der Waals surface area contributed by atoms with Crippen LogP contribution in [0.3, 0.4) is 0 Å². The number of hydrogen-bond acceptors (Lipinski definition) is 3. The molecule has 1 aromatic carbocycles. The molecule has 3 heterocycles. The number of halogens is 1. The van der Waals surface area contributed by atoms with Gasteiger partial charge in [-0.25, -0.2) is 0 Å². The third-order valence-electron chi connectivity index (χ3n) is 5.39. The van der Waals surface area contributed by atoms with Crippen LogP contribution in [-0.4, -0.2) is 63.4 Å². The summed E-state index contributed by atoms with van der Waals surface area (Å²) in [6.07, 6.45) is 5.94. The number of hydrogen-bond donors (Lipinski definition) is 0. The number of thiocarbonyl (C=S) groups is 1. The number of aromatic nitrogens is 1. The Labute approximate surface area is 177 Å². The highest BCUT2D eigenvalue weighted by atomic mass is 79.9. The van der Waals surface area contributed by atoms with Crippen LogP contribution in [0.4, 0.5) is 0 Å². The van der Waals surface area contributed by atoms with Gasteiger partial charge in [0, 0.05) is 54.3 Å². The minimum atomic E-state index is -0.128. The molecule has 0 aliphatic carbocycles. The van der Waals surface area contributed by atoms with Gasteiger partial charge in [-0.1, -0.05) is 15.9 Å². The minimum absolute atomic E-state index is 0.128. The molecule has 2 saturated heterocycles. The van der Waals surface area contributed by atoms with Crippen molar-refractivity contribution in [3.05, 3.63) is 40.1 Å². The maximum absolute atomic E-state index is 12.7. The molecular weight excluding hydrogens is 440 g/mol. The van der Waals surface area contributed by atoms with Gasteiger partial charge in [0.1, 0.15) is 12.2 Å². The van der Waals surface area contributed by atoms with E-state index in [1.165, 1.54) is 4.90 Å². The summed E-state index contributed by atoms with van der Waals surface area (Å²) < 4.78 is 2.91. The van der Waals surface area contributed by atoms with E-state index in [0.29, 0.717) is 17.4 Å². The van der Waals surface area contributed by atoms with Gasteiger partial charge in [-0.2, -0.15) is 0 Å². The van der Waals surface area contributed by atoms with Crippen molar-refractivity contribution in [2.24, 2.45) is 0 Å². The van der Waals surface area contributed by atoms with Gasteiger partial charge in [0.05, 0.1) is 0 Å². The van der Waals surface area contributed by atoms with Crippen LogP contribution in [-0.2, 0) is 16.1 Å². The lowest BCUT2D eigenvalue weighted by atomic mass is 10.1. The summed E-state index contributed by atoms with van der Waals surface area (Å²) in [5.41, 5.74) is 2.38. The van der Waals surface area contributed by atoms with E-state index >= 15 is 0 Å². The predicted octanol–water partition coefficient (Wildman–Crippen LogP) is 3.06. The Morgan fingerprint density at radius 1 is 1.21 bits per heavy atom. The molecule has 0 unspecified atom stereocenters. The van der Waals surface area contributed by atoms with Gasteiger partial charge >= 0.3 is 0 Å². The molecule has 0 spiro atoms. The summed E-state index contributed by atoms with van der Waals surface area (Å²) >= 11 is 8.83. The summed E-state index contributed by atoms with van der Waals surface area (Å²) in [6.45, 7) is 1.97. The lowest BCUT2D eigenvalue weighted by molar-refractivity contribution is -0.130. The fourth-order valence-electron chi connectivity index (χ4n) is 3.79. The Morgan fingerprint density at radius 2 is 1.93 bits per heavy atom. The van der Waals surface area contributed by atoms with Crippen molar-refractivity contribution < 1.29 is 9.59 Å². The third-order valence-corrected chi connectivity index (χ3v) is 6.43. The first-order valence-corrected chi connectivity index (χ1v) is 10.4. The average Bonchev–Trinajstić information content (AvgIpc) is 3.36. The van der Waals surface area contributed by atoms with Crippen LogP contribution in [0, 0.1) is 0 Å². The molecule has 2 amide bonds. The number of rotatable bonds is 3. The summed E-state index contributed by atoms with van der Waals surface area (Å²) in [6, 6.07) is 5.97. The summed E-state index contributed by atoms with van der Waals surface area (Å²) in [5, 5.41) is 1.46. The number of carbonyl (C=O) groups is 2. The first-order chi connectivity index (χ1) is 13.4. The molecule has 146 valence electrons. The first-order valence-electron chi connectivity index (χ1n) is 9.20. The molecule has 1 aromatic heterocycles. The molecule has 2 aliphatic rings. The van der Waals surface area contributed by atoms with Gasteiger partial charge < -0.3 is 14.4 Å². The number of amides is 2. The average molecular weight is 461 g/mol. The van der Waals surface area contributed by atoms with E-state index in [9.17, 15) is 9.59 Å². The fourth-order valence-corrected chi connectivity index (χ4v) is 4.33. The minimum Gasteiger partial charge on any atom is -0.341 e. The second-order valence-electron chi connectivity index (χ2n) is 7.20. The van der Waals surface area contributed by atoms with Gasteiger partial charge in [0.2, 0.25) is 5.91 Å². The lowest BCUT2D eigenvalue weighted by Gasteiger charge is -2.16. The van der Waals surface area contributed by atoms with Crippen LogP contribution < -0.4 is 0 Å². The third kappa shape index (κ3) is 3.24. The van der Waals surface area contributed by atoms with Crippen LogP contribution in [0.25, 0.3) is 17.0 Å². The number of likely N-dealkylation sites (tertiary alicyclic amines) is 1. The molecule has 2 aliphatic heterocycles. The highest BCUT2D eigenvalue weighted by Gasteiger charge is 2.33. The fraction of sp³-hybridized carbons (Fsp3) is 0.350. The van der Waals surface area contributed by atoms with Gasteiger partial charge in [-0.05, 0) is 49.3 Å². The number of carbonyl (C=O) groups excluding carboxylic acids is 2. The number of likely N-dealkylation sites (N-methyl/N-ethyl adjacent to an activating group) is 2. The second-order valence-corrected chi connectivity index (χ2v) is 8.48. The topological polar surface area (TPSA) is 48.8 Å². The number of fused-ring (bicyclic) bond motifs is 1. The zero-order chi connectivity index (χ0) is 20.0. The van der Waals surface area contributed by atoms with E-state index in [4.69, 9.17) is 12.2 Å². The Hall–Kier alpha value is -2.19. The number of nitrogens with zero attached hydrogens (tertiary/aromatic N) is 4. The van der Waals surface area contributed by atoms with E-state index in [1.54, 1.807) is 19.0 Å². The van der Waals surface area contributed by atoms with Crippen LogP contribution in [0.1, 0.15) is 18.4 Å². The molecule has 0 atom stereocenters. The van der Waals surface area contributed by atoms with Crippen molar-refractivity contribution in [3.63, 3.8) is 0 Å². The molecule has 8 heteroatoms. The molecule has 6 nitrogen and oxygen atoms in total. The van der Waals surface area contributed by atoms with Gasteiger partial charge in [0.15, 0.2) is 5.11 Å². The highest BCUT2D eigenvalue weighted by Crippen LogP contribution is 2.29. The van der Waals surface area contributed by atoms with Crippen molar-refractivity contribution in [1.82, 2.24) is 19.3 Å². The van der Waals surface area contributed by atoms with Crippen LogP contribution in [0.15, 0.2) is 34.6 Å². The summed E-state index contributed by atoms with van der Waals surface area (Å²) in [7, 11) is 3.47. The molecule has 0 N–H and O–H groups in total. The molecule has 0 saturated carbocycles. The molecule has 0 bridgehead atoms. The molecule has 2 fully saturated rings. The van der Waals surface area contributed by atoms with Gasteiger partial charge in [0.25, 0.3) is 5.91 Å². The van der Waals surface area contributed by atoms with E-state index in [1.807, 2.05) is 39.9 Å². The zero-order valence-electron chi connectivity index (χ0n) is 15.8. The molecule has 4 rings (SSSR count). The maximum Gasteiger partial charge on any atom is 0.276 e. The van der Waals surface area contributed by atoms with E-state index in [-0.39, 0.29) is 11.8 Å². The van der Waals surface area contributed by atoms with Crippen LogP contribution >= 0.6 is 28.1 Å². The quantitative estimate of drug-likeness (QED) is 0.521. The van der Waals surface area contributed by atoms with Crippen molar-refractivity contribution in [2.45, 2.75) is 19.4 Å². The smallest absolute Gasteiger partial charge is 0.276 e. The monoisotopic (exact) mass is 460 g/mol. The summed E-state index contributed by atoms with van der Waals surface area (Å²) in [4.78, 5) is 30.3. The number of benzene rings is 1. The Kier molecular flexibility index (Phi) is 5.01. The van der Waals surface area contributed by atoms with E-state index < -0.39 is 0 Å². The Bertz CT molecular complexity index is 1020. The Balaban J connectivity index is 1.75. The second kappa shape index (κ2) is 7.33. The largest absolute Gasteiger partial charge is 0.341 e. The lowest BCUT2D eigenvalue weighted by Crippen LogP contribution is -2.30. The van der Waals surface area contributed by atoms with E-state index in [2.05, 4.69) is 15.9 Å². The first kappa shape index (κ1) is 19.1. The molecule has 0 radical (unpaired) electrons. The summed E-state index contributed by atoms with van der Waals surface area (Å²) in [5.74, 6) is 0.00281.